The number of anilines is 2. The topological polar surface area (TPSA) is 67.3 Å². The van der Waals surface area contributed by atoms with Crippen molar-refractivity contribution in [1.82, 2.24) is 14.9 Å². The van der Waals surface area contributed by atoms with Gasteiger partial charge in [0.2, 0.25) is 5.95 Å². The summed E-state index contributed by atoms with van der Waals surface area (Å²) >= 11 is 6.35. The number of ether oxygens (including phenoxy) is 1. The van der Waals surface area contributed by atoms with Gasteiger partial charge in [0.1, 0.15) is 5.15 Å². The van der Waals surface area contributed by atoms with Crippen molar-refractivity contribution in [1.29, 1.82) is 0 Å². The second-order valence-corrected chi connectivity index (χ2v) is 7.70. The van der Waals surface area contributed by atoms with Crippen LogP contribution in [0.1, 0.15) is 37.5 Å². The third-order valence-corrected chi connectivity index (χ3v) is 5.15. The molecule has 0 radical (unpaired) electrons. The number of esters is 1. The average Bonchev–Trinajstić information content (AvgIpc) is 2.61. The highest BCUT2D eigenvalue weighted by Gasteiger charge is 2.34. The smallest absolute Gasteiger partial charge is 0.316 e. The van der Waals surface area contributed by atoms with Crippen LogP contribution in [0.4, 0.5) is 11.6 Å². The zero-order chi connectivity index (χ0) is 19.6. The maximum atomic E-state index is 12.2. The Hall–Kier alpha value is -2.18. The Morgan fingerprint density at radius 3 is 2.85 bits per heavy atom. The van der Waals surface area contributed by atoms with Crippen LogP contribution in [0.3, 0.4) is 0 Å². The van der Waals surface area contributed by atoms with Gasteiger partial charge >= 0.3 is 5.97 Å². The van der Waals surface area contributed by atoms with E-state index in [1.165, 1.54) is 11.1 Å². The molecular formula is C20H25ClN4O2. The summed E-state index contributed by atoms with van der Waals surface area (Å²) in [5.74, 6) is 0.0440. The normalized spacial score (nSPS) is 14.6. The fraction of sp³-hybridized carbons (Fsp3) is 0.450. The van der Waals surface area contributed by atoms with Crippen molar-refractivity contribution in [2.75, 3.05) is 25.5 Å². The van der Waals surface area contributed by atoms with Crippen molar-refractivity contribution >= 4 is 29.2 Å². The lowest BCUT2D eigenvalue weighted by molar-refractivity contribution is -0.148. The van der Waals surface area contributed by atoms with Crippen molar-refractivity contribution in [3.8, 4) is 0 Å². The SMILES string of the molecule is CCOC(=O)C(C)(C)c1cnc(Nc2ccc3c(c2)CN(C)CC3)nc1Cl. The number of hydrogen-bond donors (Lipinski definition) is 1. The molecule has 1 aliphatic heterocycles. The molecule has 0 aliphatic carbocycles. The first kappa shape index (κ1) is 19.6. The summed E-state index contributed by atoms with van der Waals surface area (Å²) in [7, 11) is 2.12. The molecule has 27 heavy (non-hydrogen) atoms. The van der Waals surface area contributed by atoms with E-state index in [1.54, 1.807) is 27.0 Å². The minimum absolute atomic E-state index is 0.239. The van der Waals surface area contributed by atoms with Crippen LogP contribution in [0.5, 0.6) is 0 Å². The third kappa shape index (κ3) is 4.22. The monoisotopic (exact) mass is 388 g/mol. The van der Waals surface area contributed by atoms with E-state index in [0.29, 0.717) is 18.1 Å². The van der Waals surface area contributed by atoms with E-state index < -0.39 is 5.41 Å². The van der Waals surface area contributed by atoms with E-state index in [1.807, 2.05) is 6.07 Å². The molecule has 144 valence electrons. The van der Waals surface area contributed by atoms with E-state index >= 15 is 0 Å². The Morgan fingerprint density at radius 1 is 1.37 bits per heavy atom. The highest BCUT2D eigenvalue weighted by Crippen LogP contribution is 2.31. The summed E-state index contributed by atoms with van der Waals surface area (Å²) in [5.41, 5.74) is 3.23. The van der Waals surface area contributed by atoms with Gasteiger partial charge in [-0.15, -0.1) is 0 Å². The predicted molar refractivity (Wildman–Crippen MR) is 106 cm³/mol. The number of aromatic nitrogens is 2. The maximum absolute atomic E-state index is 12.2. The number of rotatable bonds is 5. The number of fused-ring (bicyclic) bond motifs is 1. The van der Waals surface area contributed by atoms with Gasteiger partial charge in [0, 0.05) is 30.5 Å². The van der Waals surface area contributed by atoms with Gasteiger partial charge in [-0.25, -0.2) is 9.97 Å². The first-order chi connectivity index (χ1) is 12.8. The summed E-state index contributed by atoms with van der Waals surface area (Å²) in [6.07, 6.45) is 2.65. The average molecular weight is 389 g/mol. The molecule has 1 aliphatic rings. The zero-order valence-corrected chi connectivity index (χ0v) is 16.9. The molecule has 0 amide bonds. The van der Waals surface area contributed by atoms with Gasteiger partial charge in [-0.05, 0) is 57.5 Å². The molecule has 0 saturated carbocycles. The van der Waals surface area contributed by atoms with Crippen LogP contribution in [0.2, 0.25) is 5.15 Å². The molecule has 0 atom stereocenters. The molecular weight excluding hydrogens is 364 g/mol. The van der Waals surface area contributed by atoms with Crippen LogP contribution in [0, 0.1) is 0 Å². The molecule has 1 N–H and O–H groups in total. The molecule has 0 unspecified atom stereocenters. The van der Waals surface area contributed by atoms with Gasteiger partial charge in [-0.1, -0.05) is 17.7 Å². The Bertz CT molecular complexity index is 854. The first-order valence-electron chi connectivity index (χ1n) is 9.09. The van der Waals surface area contributed by atoms with Crippen molar-refractivity contribution < 1.29 is 9.53 Å². The lowest BCUT2D eigenvalue weighted by atomic mass is 9.86. The number of nitrogens with zero attached hydrogens (tertiary/aromatic N) is 3. The number of hydrogen-bond acceptors (Lipinski definition) is 6. The Morgan fingerprint density at radius 2 is 2.15 bits per heavy atom. The molecule has 7 heteroatoms. The van der Waals surface area contributed by atoms with Crippen LogP contribution < -0.4 is 5.32 Å². The van der Waals surface area contributed by atoms with Gasteiger partial charge in [-0.3, -0.25) is 4.79 Å². The minimum atomic E-state index is -0.915. The first-order valence-corrected chi connectivity index (χ1v) is 9.46. The molecule has 0 bridgehead atoms. The van der Waals surface area contributed by atoms with E-state index in [-0.39, 0.29) is 11.1 Å². The van der Waals surface area contributed by atoms with Crippen molar-refractivity contribution in [2.24, 2.45) is 0 Å². The fourth-order valence-corrected chi connectivity index (χ4v) is 3.53. The standard InChI is InChI=1S/C20H25ClN4O2/c1-5-27-18(26)20(2,3)16-11-22-19(24-17(16)21)23-15-7-6-13-8-9-25(4)12-14(13)10-15/h6-7,10-11H,5,8-9,12H2,1-4H3,(H,22,23,24). The third-order valence-electron chi connectivity index (χ3n) is 4.87. The zero-order valence-electron chi connectivity index (χ0n) is 16.2. The van der Waals surface area contributed by atoms with Crippen LogP contribution >= 0.6 is 11.6 Å². The summed E-state index contributed by atoms with van der Waals surface area (Å²) in [5, 5.41) is 3.44. The lowest BCUT2D eigenvalue weighted by Gasteiger charge is -2.25. The molecule has 2 aromatic rings. The van der Waals surface area contributed by atoms with Crippen LogP contribution in [0.15, 0.2) is 24.4 Å². The Balaban J connectivity index is 1.80. The van der Waals surface area contributed by atoms with Crippen molar-refractivity contribution in [3.05, 3.63) is 46.2 Å². The largest absolute Gasteiger partial charge is 0.465 e. The summed E-state index contributed by atoms with van der Waals surface area (Å²) < 4.78 is 5.13. The number of carbonyl (C=O) groups excluding carboxylic acids is 1. The molecule has 6 nitrogen and oxygen atoms in total. The summed E-state index contributed by atoms with van der Waals surface area (Å²) in [4.78, 5) is 23.2. The quantitative estimate of drug-likeness (QED) is 0.622. The van der Waals surface area contributed by atoms with Crippen molar-refractivity contribution in [3.63, 3.8) is 0 Å². The van der Waals surface area contributed by atoms with Crippen molar-refractivity contribution in [2.45, 2.75) is 39.2 Å². The summed E-state index contributed by atoms with van der Waals surface area (Å²) in [6.45, 7) is 7.60. The Kier molecular flexibility index (Phi) is 5.67. The van der Waals surface area contributed by atoms with Crippen LogP contribution in [-0.4, -0.2) is 41.0 Å². The molecule has 3 rings (SSSR count). The Labute approximate surface area is 164 Å². The molecule has 2 heterocycles. The summed E-state index contributed by atoms with van der Waals surface area (Å²) in [6, 6.07) is 6.29. The molecule has 0 fully saturated rings. The van der Waals surface area contributed by atoms with Gasteiger partial charge in [-0.2, -0.15) is 0 Å². The van der Waals surface area contributed by atoms with E-state index in [9.17, 15) is 4.79 Å². The van der Waals surface area contributed by atoms with Gasteiger partial charge in [0.15, 0.2) is 0 Å². The highest BCUT2D eigenvalue weighted by atomic mass is 35.5. The molecule has 1 aromatic heterocycles. The maximum Gasteiger partial charge on any atom is 0.316 e. The molecule has 1 aromatic carbocycles. The van der Waals surface area contributed by atoms with E-state index in [0.717, 1.165) is 25.2 Å². The van der Waals surface area contributed by atoms with Crippen LogP contribution in [0.25, 0.3) is 0 Å². The molecule has 0 saturated heterocycles. The number of carbonyl (C=O) groups is 1. The van der Waals surface area contributed by atoms with E-state index in [2.05, 4.69) is 39.4 Å². The lowest BCUT2D eigenvalue weighted by Crippen LogP contribution is -2.32. The van der Waals surface area contributed by atoms with Crippen LogP contribution in [-0.2, 0) is 27.9 Å². The van der Waals surface area contributed by atoms with Gasteiger partial charge in [0.25, 0.3) is 0 Å². The molecule has 0 spiro atoms. The van der Waals surface area contributed by atoms with Gasteiger partial charge < -0.3 is 15.0 Å². The number of likely N-dealkylation sites (N-methyl/N-ethyl adjacent to an activating group) is 1. The van der Waals surface area contributed by atoms with E-state index in [4.69, 9.17) is 16.3 Å². The number of nitrogens with one attached hydrogen (secondary N) is 1. The second kappa shape index (κ2) is 7.82. The fourth-order valence-electron chi connectivity index (χ4n) is 3.17. The minimum Gasteiger partial charge on any atom is -0.465 e. The highest BCUT2D eigenvalue weighted by molar-refractivity contribution is 6.30. The van der Waals surface area contributed by atoms with Gasteiger partial charge in [0.05, 0.1) is 12.0 Å². The second-order valence-electron chi connectivity index (χ2n) is 7.34. The number of halogens is 1. The predicted octanol–water partition coefficient (Wildman–Crippen LogP) is 3.70. The number of benzene rings is 1.